The van der Waals surface area contributed by atoms with Gasteiger partial charge in [0.25, 0.3) is 0 Å². The Morgan fingerprint density at radius 1 is 0.696 bits per heavy atom. The van der Waals surface area contributed by atoms with Crippen molar-refractivity contribution in [2.24, 2.45) is 15.0 Å². The van der Waals surface area contributed by atoms with Gasteiger partial charge >= 0.3 is 50.5 Å². The number of hydrogen-bond donors (Lipinski definition) is 1. The third-order valence-electron chi connectivity index (χ3n) is 8.64. The molecule has 13 heteroatoms. The number of carbonyl (C=O) groups is 1. The largest absolute Gasteiger partial charge is 1.00 e. The molecule has 3 aromatic rings. The minimum atomic E-state index is -0.249. The van der Waals surface area contributed by atoms with E-state index in [-0.39, 0.29) is 58.6 Å². The zero-order chi connectivity index (χ0) is 40.7. The van der Waals surface area contributed by atoms with E-state index in [1.54, 1.807) is 0 Å². The summed E-state index contributed by atoms with van der Waals surface area (Å²) in [6, 6.07) is 25.0. The first-order valence-corrected chi connectivity index (χ1v) is 36.4. The number of halogens is 7. The Labute approximate surface area is 412 Å². The Hall–Kier alpha value is -0.0400. The van der Waals surface area contributed by atoms with Gasteiger partial charge in [-0.1, -0.05) is 78.9 Å². The van der Waals surface area contributed by atoms with Gasteiger partial charge in [-0.3, -0.25) is 19.8 Å². The average Bonchev–Trinajstić information content (AvgIpc) is 3.11. The molecule has 0 atom stereocenters. The van der Waals surface area contributed by atoms with Crippen molar-refractivity contribution in [3.05, 3.63) is 130 Å². The van der Waals surface area contributed by atoms with E-state index in [4.69, 9.17) is 10.1 Å². The maximum Gasteiger partial charge on any atom is -1.00 e. The number of allylic oxidation sites excluding steroid dienone is 3. The maximum absolute atomic E-state index is 10.9. The molecular formula is C43H54ClI6N4O2-. The van der Waals surface area contributed by atoms with Gasteiger partial charge in [-0.2, -0.15) is 0 Å². The minimum Gasteiger partial charge on any atom is -1.00 e. The van der Waals surface area contributed by atoms with E-state index in [1.807, 2.05) is 52.2 Å². The normalized spacial score (nSPS) is 16.4. The average molecular weight is 1460 g/mol. The van der Waals surface area contributed by atoms with E-state index in [1.165, 1.54) is 33.5 Å². The van der Waals surface area contributed by atoms with Crippen molar-refractivity contribution in [2.75, 3.05) is 14.1 Å². The van der Waals surface area contributed by atoms with Crippen LogP contribution in [-0.4, -0.2) is 70.0 Å². The monoisotopic (exact) mass is 1450 g/mol. The number of aliphatic hydroxyl groups is 1. The molecule has 3 heterocycles. The fourth-order valence-electron chi connectivity index (χ4n) is 6.73. The maximum atomic E-state index is 10.9. The summed E-state index contributed by atoms with van der Waals surface area (Å²) in [5.41, 5.74) is 11.6. The van der Waals surface area contributed by atoms with Gasteiger partial charge in [0.2, 0.25) is 0 Å². The molecule has 0 radical (unpaired) electrons. The van der Waals surface area contributed by atoms with Crippen LogP contribution in [0.3, 0.4) is 0 Å². The number of rotatable bonds is 4. The van der Waals surface area contributed by atoms with E-state index in [0.29, 0.717) is 25.3 Å². The molecule has 56 heavy (non-hydrogen) atoms. The molecule has 0 fully saturated rings. The summed E-state index contributed by atoms with van der Waals surface area (Å²) in [4.78, 5) is 25.1. The first kappa shape index (κ1) is 56.0. The van der Waals surface area contributed by atoms with Crippen molar-refractivity contribution in [1.29, 1.82) is 0 Å². The summed E-state index contributed by atoms with van der Waals surface area (Å²) in [6.45, 7) is 17.0. The molecule has 3 aromatic carbocycles. The van der Waals surface area contributed by atoms with Crippen LogP contribution in [0.25, 0.3) is 0 Å². The molecule has 0 aromatic heterocycles. The van der Waals surface area contributed by atoms with Crippen molar-refractivity contribution in [2.45, 2.75) is 91.3 Å². The molecule has 3 aliphatic heterocycles. The molecule has 0 saturated carbocycles. The molecule has 0 amide bonds. The number of benzene rings is 3. The van der Waals surface area contributed by atoms with Crippen LogP contribution >= 0.6 is 98.4 Å². The number of nitrogens with zero attached hydrogens (tertiary/aromatic N) is 4. The molecule has 0 spiro atoms. The van der Waals surface area contributed by atoms with Gasteiger partial charge in [-0.15, -0.1) is 24.0 Å². The molecule has 0 unspecified atom stereocenters. The number of aldehydes is 1. The second kappa shape index (κ2) is 27.0. The van der Waals surface area contributed by atoms with Crippen molar-refractivity contribution in [1.82, 2.24) is 0 Å². The number of hydrogen-bond acceptors (Lipinski definition) is 5. The molecule has 1 N–H and O–H groups in total. The summed E-state index contributed by atoms with van der Waals surface area (Å²) < 4.78 is 2.07. The summed E-state index contributed by atoms with van der Waals surface area (Å²) >= 11 is 9.54. The number of fused-ring (bicyclic) bond motifs is 3. The Morgan fingerprint density at radius 2 is 1.04 bits per heavy atom. The summed E-state index contributed by atoms with van der Waals surface area (Å²) in [5.74, 6) is 0. The van der Waals surface area contributed by atoms with Crippen LogP contribution in [0.5, 0.6) is 0 Å². The molecular weight excluding hydrogens is 1400 g/mol. The van der Waals surface area contributed by atoms with Crippen molar-refractivity contribution < 1.29 is 40.1 Å². The van der Waals surface area contributed by atoms with Gasteiger partial charge in [0.1, 0.15) is 14.1 Å². The van der Waals surface area contributed by atoms with Gasteiger partial charge in [0.05, 0.1) is 45.4 Å². The molecule has 6 rings (SSSR count). The summed E-state index contributed by atoms with van der Waals surface area (Å²) in [7, 11) is 4.09. The third-order valence-corrected chi connectivity index (χ3v) is 8.64. The van der Waals surface area contributed by atoms with E-state index < -0.39 is 0 Å². The Kier molecular flexibility index (Phi) is 27.0. The predicted molar refractivity (Wildman–Crippen MR) is 278 cm³/mol. The molecule has 0 saturated heterocycles. The minimum absolute atomic E-state index is 0. The third kappa shape index (κ3) is 17.5. The molecule has 0 bridgehead atoms. The van der Waals surface area contributed by atoms with E-state index in [0.717, 1.165) is 42.4 Å². The predicted octanol–water partition coefficient (Wildman–Crippen LogP) is 6.55. The van der Waals surface area contributed by atoms with Gasteiger partial charge in [0, 0.05) is 54.1 Å². The molecule has 3 aliphatic rings. The van der Waals surface area contributed by atoms with Crippen molar-refractivity contribution in [3.63, 3.8) is 0 Å². The fourth-order valence-corrected chi connectivity index (χ4v) is 6.73. The van der Waals surface area contributed by atoms with Crippen LogP contribution in [-0.2, 0) is 24.1 Å². The second-order valence-corrected chi connectivity index (χ2v) is 31.4. The van der Waals surface area contributed by atoms with Gasteiger partial charge in [-0.25, -0.2) is 4.58 Å². The van der Waals surface area contributed by atoms with Crippen LogP contribution < -0.4 is 25.7 Å². The summed E-state index contributed by atoms with van der Waals surface area (Å²) in [5, 5.41) is 9.10. The van der Waals surface area contributed by atoms with Crippen LogP contribution in [0, 0.1) is 0 Å². The summed E-state index contributed by atoms with van der Waals surface area (Å²) in [6.07, 6.45) is 8.63. The number of aliphatic hydroxyl groups excluding tert-OH is 1. The van der Waals surface area contributed by atoms with Crippen LogP contribution in [0.1, 0.15) is 88.8 Å². The van der Waals surface area contributed by atoms with Gasteiger partial charge in [0.15, 0.2) is 12.5 Å². The Bertz CT molecular complexity index is 1930. The standard InChI is InChI=1S/C17H23N2.C14H15NO2.C12H15N.ClH.I3.I2.HI/c1-6-13(12-19(4)5)16-15-10-8-7-9-14(15)11-17(2,3)18-16;1-14(2)7-10-5-3-4-6-12(10)13(15-14)11(8-16)9-17;1-9-11-7-5-4-6-10(11)8-12(2,3)13-9;;1-3-2;1-2;/h6-10,12H,11H2,1-5H3;3-6,8-9,16H,7H2,1-2H3;4-7H,8H2,1-3H3;1H;;;1H/q+1;;;;-1;;/p-1/b13-6-;;;;;;. The number of aliphatic imine (C=N–C) groups is 3. The number of carbonyl (C=O) groups excluding carboxylic acids is 1. The quantitative estimate of drug-likeness (QED) is 0.0805. The first-order valence-electron chi connectivity index (χ1n) is 17.5. The Morgan fingerprint density at radius 3 is 1.39 bits per heavy atom. The zero-order valence-electron chi connectivity index (χ0n) is 33.7. The molecule has 0 aliphatic carbocycles. The van der Waals surface area contributed by atoms with E-state index in [2.05, 4.69) is 191 Å². The smallest absolute Gasteiger partial charge is 1.00 e. The second-order valence-electron chi connectivity index (χ2n) is 15.2. The Balaban J connectivity index is 0.000000761. The van der Waals surface area contributed by atoms with E-state index in [9.17, 15) is 4.79 Å². The van der Waals surface area contributed by atoms with Gasteiger partial charge in [-0.05, 0) is 96.9 Å². The topological polar surface area (TPSA) is 77.4 Å². The molecule has 308 valence electrons. The van der Waals surface area contributed by atoms with Crippen LogP contribution in [0.15, 0.2) is 111 Å². The first-order chi connectivity index (χ1) is 25.5. The fraction of sp³-hybridized carbons (Fsp3) is 0.372. The SMILES string of the molecule is C/C=C(/C=[N+](C)C)C1=NC(C)(C)Cc2ccccc21.CC1(C)Cc2ccccc2C(C(C=O)=CO)=N1.CC1=NC(C)(C)Cc2ccccc21.I.II.I[I-]I.[Cl-]. The molecule has 6 nitrogen and oxygen atoms in total. The van der Waals surface area contributed by atoms with Crippen molar-refractivity contribution >= 4 is 128 Å². The van der Waals surface area contributed by atoms with Gasteiger partial charge < -0.3 is 17.5 Å². The van der Waals surface area contributed by atoms with Crippen LogP contribution in [0.2, 0.25) is 0 Å². The zero-order valence-corrected chi connectivity index (χ0v) is 47.6. The van der Waals surface area contributed by atoms with E-state index >= 15 is 0 Å². The van der Waals surface area contributed by atoms with Crippen LogP contribution in [0.4, 0.5) is 0 Å². The van der Waals surface area contributed by atoms with Crippen molar-refractivity contribution in [3.8, 4) is 0 Å².